The number of ether oxygens (including phenoxy) is 2. The summed E-state index contributed by atoms with van der Waals surface area (Å²) in [5.41, 5.74) is 3.19. The molecule has 0 atom stereocenters. The van der Waals surface area contributed by atoms with Gasteiger partial charge in [0.25, 0.3) is 0 Å². The van der Waals surface area contributed by atoms with Gasteiger partial charge in [-0.1, -0.05) is 43.0 Å². The molecule has 0 saturated carbocycles. The minimum Gasteiger partial charge on any atom is -0.490 e. The van der Waals surface area contributed by atoms with Crippen molar-refractivity contribution in [1.82, 2.24) is 0 Å². The minimum absolute atomic E-state index is 0.00591. The van der Waals surface area contributed by atoms with Gasteiger partial charge in [-0.25, -0.2) is 13.6 Å². The average Bonchev–Trinajstić information content (AvgIpc) is 2.76. The van der Waals surface area contributed by atoms with Crippen LogP contribution in [0.3, 0.4) is 0 Å². The van der Waals surface area contributed by atoms with Crippen molar-refractivity contribution >= 4 is 5.97 Å². The Morgan fingerprint density at radius 1 is 0.938 bits per heavy atom. The lowest BCUT2D eigenvalue weighted by Crippen LogP contribution is -2.13. The molecule has 0 aliphatic carbocycles. The van der Waals surface area contributed by atoms with Crippen molar-refractivity contribution in [3.8, 4) is 28.0 Å². The predicted octanol–water partition coefficient (Wildman–Crippen LogP) is 5.60. The van der Waals surface area contributed by atoms with Crippen LogP contribution in [0.4, 0.5) is 8.78 Å². The van der Waals surface area contributed by atoms with E-state index < -0.39 is 17.6 Å². The Labute approximate surface area is 185 Å². The molecule has 0 aromatic heterocycles. The first kappa shape index (κ1) is 23.2. The van der Waals surface area contributed by atoms with Gasteiger partial charge in [0.15, 0.2) is 0 Å². The monoisotopic (exact) mass is 438 g/mol. The van der Waals surface area contributed by atoms with Crippen LogP contribution < -0.4 is 4.74 Å². The van der Waals surface area contributed by atoms with Gasteiger partial charge in [0, 0.05) is 22.3 Å². The van der Waals surface area contributed by atoms with Crippen LogP contribution in [0.25, 0.3) is 22.3 Å². The molecule has 0 bridgehead atoms. The van der Waals surface area contributed by atoms with Crippen molar-refractivity contribution in [3.63, 3.8) is 0 Å². The summed E-state index contributed by atoms with van der Waals surface area (Å²) in [4.78, 5) is 11.4. The molecule has 0 fully saturated rings. The van der Waals surface area contributed by atoms with Gasteiger partial charge in [-0.2, -0.15) is 0 Å². The standard InChI is InChI=1S/C26H24F2O4/c1-16(2)26(30)32-11-10-31-25-14-19(5-6-20(25)15-29)22-9-7-18(13-24(22)28)21-8-4-17(3)12-23(21)27/h4-9,12-14,29H,1,10-11,15H2,2-3H3. The second-order valence-electron chi connectivity index (χ2n) is 7.42. The number of halogens is 2. The Hall–Kier alpha value is -3.51. The van der Waals surface area contributed by atoms with Gasteiger partial charge < -0.3 is 14.6 Å². The van der Waals surface area contributed by atoms with E-state index >= 15 is 0 Å². The molecule has 0 heterocycles. The fourth-order valence-corrected chi connectivity index (χ4v) is 3.17. The molecule has 3 aromatic carbocycles. The molecular weight excluding hydrogens is 414 g/mol. The number of carbonyl (C=O) groups is 1. The Morgan fingerprint density at radius 3 is 2.19 bits per heavy atom. The van der Waals surface area contributed by atoms with Gasteiger partial charge in [0.2, 0.25) is 0 Å². The number of hydrogen-bond acceptors (Lipinski definition) is 4. The molecular formula is C26H24F2O4. The van der Waals surface area contributed by atoms with Crippen LogP contribution in [0.15, 0.2) is 66.7 Å². The fourth-order valence-electron chi connectivity index (χ4n) is 3.17. The maximum atomic E-state index is 14.9. The number of aryl methyl sites for hydroxylation is 1. The normalized spacial score (nSPS) is 10.7. The molecule has 0 spiro atoms. The number of hydrogen-bond donors (Lipinski definition) is 1. The Morgan fingerprint density at radius 2 is 1.56 bits per heavy atom. The Bertz CT molecular complexity index is 1150. The zero-order valence-corrected chi connectivity index (χ0v) is 18.0. The van der Waals surface area contributed by atoms with Crippen LogP contribution in [0.1, 0.15) is 18.1 Å². The van der Waals surface area contributed by atoms with E-state index in [1.807, 2.05) is 0 Å². The van der Waals surface area contributed by atoms with Gasteiger partial charge in [0.05, 0.1) is 6.61 Å². The van der Waals surface area contributed by atoms with E-state index in [2.05, 4.69) is 6.58 Å². The van der Waals surface area contributed by atoms with E-state index in [0.29, 0.717) is 33.6 Å². The second-order valence-corrected chi connectivity index (χ2v) is 7.42. The number of carbonyl (C=O) groups excluding carboxylic acids is 1. The highest BCUT2D eigenvalue weighted by atomic mass is 19.1. The first-order valence-electron chi connectivity index (χ1n) is 10.1. The molecule has 32 heavy (non-hydrogen) atoms. The van der Waals surface area contributed by atoms with Crippen LogP contribution >= 0.6 is 0 Å². The molecule has 0 radical (unpaired) electrons. The molecule has 0 unspecified atom stereocenters. The third kappa shape index (κ3) is 5.39. The molecule has 0 saturated heterocycles. The molecule has 4 nitrogen and oxygen atoms in total. The highest BCUT2D eigenvalue weighted by Crippen LogP contribution is 2.32. The second kappa shape index (κ2) is 10.2. The van der Waals surface area contributed by atoms with Crippen molar-refractivity contribution in [2.24, 2.45) is 0 Å². The van der Waals surface area contributed by atoms with Crippen molar-refractivity contribution in [2.45, 2.75) is 20.5 Å². The van der Waals surface area contributed by atoms with Crippen LogP contribution in [0.5, 0.6) is 5.75 Å². The van der Waals surface area contributed by atoms with E-state index in [0.717, 1.165) is 5.56 Å². The van der Waals surface area contributed by atoms with E-state index in [1.165, 1.54) is 12.1 Å². The van der Waals surface area contributed by atoms with E-state index in [1.54, 1.807) is 56.3 Å². The molecule has 166 valence electrons. The number of aliphatic hydroxyl groups excluding tert-OH is 1. The molecule has 3 rings (SSSR count). The van der Waals surface area contributed by atoms with E-state index in [-0.39, 0.29) is 25.4 Å². The Kier molecular flexibility index (Phi) is 7.38. The van der Waals surface area contributed by atoms with Gasteiger partial charge in [-0.15, -0.1) is 0 Å². The zero-order chi connectivity index (χ0) is 23.3. The topological polar surface area (TPSA) is 55.8 Å². The molecule has 3 aromatic rings. The molecule has 0 amide bonds. The summed E-state index contributed by atoms with van der Waals surface area (Å²) >= 11 is 0. The first-order valence-corrected chi connectivity index (χ1v) is 10.1. The molecule has 6 heteroatoms. The fraction of sp³-hybridized carbons (Fsp3) is 0.192. The van der Waals surface area contributed by atoms with Gasteiger partial charge in [-0.05, 0) is 48.7 Å². The number of rotatable bonds is 8. The van der Waals surface area contributed by atoms with Crippen LogP contribution in [-0.2, 0) is 16.1 Å². The molecule has 1 N–H and O–H groups in total. The van der Waals surface area contributed by atoms with Crippen LogP contribution in [-0.4, -0.2) is 24.3 Å². The summed E-state index contributed by atoms with van der Waals surface area (Å²) in [6.45, 7) is 6.63. The van der Waals surface area contributed by atoms with Crippen LogP contribution in [0, 0.1) is 18.6 Å². The van der Waals surface area contributed by atoms with Gasteiger partial charge in [-0.3, -0.25) is 0 Å². The van der Waals surface area contributed by atoms with Crippen molar-refractivity contribution in [1.29, 1.82) is 0 Å². The van der Waals surface area contributed by atoms with Crippen molar-refractivity contribution in [2.75, 3.05) is 13.2 Å². The lowest BCUT2D eigenvalue weighted by Gasteiger charge is -2.13. The summed E-state index contributed by atoms with van der Waals surface area (Å²) in [6.07, 6.45) is 0. The third-order valence-corrected chi connectivity index (χ3v) is 4.88. The molecule has 0 aliphatic heterocycles. The average molecular weight is 438 g/mol. The largest absolute Gasteiger partial charge is 0.490 e. The lowest BCUT2D eigenvalue weighted by atomic mass is 9.98. The van der Waals surface area contributed by atoms with Crippen molar-refractivity contribution in [3.05, 3.63) is 89.5 Å². The summed E-state index contributed by atoms with van der Waals surface area (Å²) in [5.74, 6) is -1.09. The zero-order valence-electron chi connectivity index (χ0n) is 18.0. The quantitative estimate of drug-likeness (QED) is 0.283. The SMILES string of the molecule is C=C(C)C(=O)OCCOc1cc(-c2ccc(-c3ccc(C)cc3F)cc2F)ccc1CO. The highest BCUT2D eigenvalue weighted by Gasteiger charge is 2.13. The maximum Gasteiger partial charge on any atom is 0.333 e. The minimum atomic E-state index is -0.517. The number of benzene rings is 3. The highest BCUT2D eigenvalue weighted by molar-refractivity contribution is 5.86. The van der Waals surface area contributed by atoms with Crippen molar-refractivity contribution < 1.29 is 28.2 Å². The summed E-state index contributed by atoms with van der Waals surface area (Å²) < 4.78 is 39.8. The van der Waals surface area contributed by atoms with Crippen LogP contribution in [0.2, 0.25) is 0 Å². The van der Waals surface area contributed by atoms with E-state index in [9.17, 15) is 18.7 Å². The summed E-state index contributed by atoms with van der Waals surface area (Å²) in [7, 11) is 0. The predicted molar refractivity (Wildman–Crippen MR) is 119 cm³/mol. The summed E-state index contributed by atoms with van der Waals surface area (Å²) in [5, 5.41) is 9.57. The molecule has 0 aliphatic rings. The van der Waals surface area contributed by atoms with E-state index in [4.69, 9.17) is 9.47 Å². The first-order chi connectivity index (χ1) is 15.3. The number of esters is 1. The summed E-state index contributed by atoms with van der Waals surface area (Å²) in [6, 6.07) is 14.3. The Balaban J connectivity index is 1.82. The van der Waals surface area contributed by atoms with Gasteiger partial charge >= 0.3 is 5.97 Å². The lowest BCUT2D eigenvalue weighted by molar-refractivity contribution is -0.139. The van der Waals surface area contributed by atoms with Gasteiger partial charge in [0.1, 0.15) is 30.6 Å². The number of aliphatic hydroxyl groups is 1. The third-order valence-electron chi connectivity index (χ3n) is 4.88. The maximum absolute atomic E-state index is 14.9. The smallest absolute Gasteiger partial charge is 0.333 e.